The van der Waals surface area contributed by atoms with E-state index < -0.39 is 0 Å². The summed E-state index contributed by atoms with van der Waals surface area (Å²) in [7, 11) is 1.93. The molecule has 3 N–H and O–H groups in total. The fraction of sp³-hybridized carbons (Fsp3) is 0.0244. The first-order valence-electron chi connectivity index (χ1n) is 16.2. The van der Waals surface area contributed by atoms with Crippen LogP contribution in [-0.2, 0) is 0 Å². The van der Waals surface area contributed by atoms with Crippen molar-refractivity contribution in [3.63, 3.8) is 0 Å². The van der Waals surface area contributed by atoms with E-state index in [-0.39, 0.29) is 0 Å². The lowest BCUT2D eigenvalue weighted by Crippen LogP contribution is -1.86. The Morgan fingerprint density at radius 1 is 0.412 bits per heavy atom. The number of nitrogens with two attached hydrogens (primary N) is 1. The first-order valence-corrected chi connectivity index (χ1v) is 19.5. The Morgan fingerprint density at radius 2 is 0.784 bits per heavy atom. The van der Waals surface area contributed by atoms with Gasteiger partial charge < -0.3 is 11.1 Å². The molecule has 0 radical (unpaired) electrons. The molecule has 246 valence electrons. The number of nitrogens with one attached hydrogen (secondary N) is 1. The molecule has 0 atom stereocenters. The predicted molar refractivity (Wildman–Crippen MR) is 221 cm³/mol. The molecule has 0 spiro atoms. The molecule has 10 heteroatoms. The number of anilines is 2. The van der Waals surface area contributed by atoms with Crippen LogP contribution in [0.4, 0.5) is 11.4 Å². The molecule has 10 rings (SSSR count). The van der Waals surface area contributed by atoms with Crippen LogP contribution in [0, 0.1) is 0 Å². The van der Waals surface area contributed by atoms with Crippen LogP contribution in [-0.4, -0.2) is 27.0 Å². The summed E-state index contributed by atoms with van der Waals surface area (Å²) < 4.78 is 4.79. The zero-order valence-corrected chi connectivity index (χ0v) is 30.5. The highest BCUT2D eigenvalue weighted by atomic mass is 32.1. The van der Waals surface area contributed by atoms with Crippen LogP contribution >= 0.6 is 45.3 Å². The van der Waals surface area contributed by atoms with E-state index >= 15 is 0 Å². The van der Waals surface area contributed by atoms with E-state index in [0.717, 1.165) is 75.7 Å². The van der Waals surface area contributed by atoms with E-state index in [1.54, 1.807) is 45.3 Å². The molecule has 0 unspecified atom stereocenters. The zero-order chi connectivity index (χ0) is 34.3. The Kier molecular flexibility index (Phi) is 8.21. The van der Waals surface area contributed by atoms with Gasteiger partial charge in [0.25, 0.3) is 0 Å². The number of thiazole rings is 4. The quantitative estimate of drug-likeness (QED) is 0.171. The summed E-state index contributed by atoms with van der Waals surface area (Å²) in [5, 5.41) is 7.31. The highest BCUT2D eigenvalue weighted by Crippen LogP contribution is 2.37. The molecule has 51 heavy (non-hydrogen) atoms. The molecule has 6 nitrogen and oxygen atoms in total. The number of aromatic nitrogens is 4. The maximum atomic E-state index is 5.77. The lowest BCUT2D eigenvalue weighted by Gasteiger charge is -2.00. The van der Waals surface area contributed by atoms with Crippen molar-refractivity contribution in [1.29, 1.82) is 0 Å². The molecule has 0 aliphatic rings. The summed E-state index contributed by atoms with van der Waals surface area (Å²) >= 11 is 6.88. The van der Waals surface area contributed by atoms with Gasteiger partial charge in [-0.05, 0) is 109 Å². The van der Waals surface area contributed by atoms with Crippen LogP contribution in [0.1, 0.15) is 0 Å². The number of fused-ring (bicyclic) bond motifs is 4. The lowest BCUT2D eigenvalue weighted by atomic mass is 10.2. The van der Waals surface area contributed by atoms with Gasteiger partial charge in [-0.15, -0.1) is 45.3 Å². The summed E-state index contributed by atoms with van der Waals surface area (Å²) in [6.45, 7) is 0. The highest BCUT2D eigenvalue weighted by Gasteiger charge is 2.12. The minimum atomic E-state index is 0.767. The third-order valence-corrected chi connectivity index (χ3v) is 12.7. The van der Waals surface area contributed by atoms with Gasteiger partial charge in [0.1, 0.15) is 20.0 Å². The summed E-state index contributed by atoms with van der Waals surface area (Å²) in [5.74, 6) is 0. The van der Waals surface area contributed by atoms with Crippen molar-refractivity contribution in [3.05, 3.63) is 133 Å². The fourth-order valence-corrected chi connectivity index (χ4v) is 9.70. The maximum Gasteiger partial charge on any atom is 0.124 e. The number of nitrogen functional groups attached to an aromatic ring is 1. The monoisotopic (exact) mass is 731 g/mol. The molecule has 0 saturated heterocycles. The second-order valence-corrected chi connectivity index (χ2v) is 15.9. The van der Waals surface area contributed by atoms with Gasteiger partial charge >= 0.3 is 0 Å². The highest BCUT2D eigenvalue weighted by molar-refractivity contribution is 7.23. The van der Waals surface area contributed by atoms with E-state index in [9.17, 15) is 0 Å². The topological polar surface area (TPSA) is 89.6 Å². The minimum Gasteiger partial charge on any atom is -0.399 e. The summed E-state index contributed by atoms with van der Waals surface area (Å²) in [4.78, 5) is 19.1. The third kappa shape index (κ3) is 6.34. The molecule has 0 amide bonds. The SMILES string of the molecule is Nc1ccc(-c2nc3ccc(-c4nc5ccccc5s4)cc3s2)cc1.[11CH3]Nc1ccc(-c2nc3ccc(-c4nc5ccccc5s4)cc3s2)cc1. The van der Waals surface area contributed by atoms with Crippen LogP contribution in [0.2, 0.25) is 0 Å². The average Bonchev–Trinajstić information content (AvgIpc) is 3.98. The van der Waals surface area contributed by atoms with Crippen molar-refractivity contribution in [1.82, 2.24) is 19.9 Å². The van der Waals surface area contributed by atoms with Crippen molar-refractivity contribution in [2.75, 3.05) is 18.1 Å². The number of hydrogen-bond donors (Lipinski definition) is 2. The number of hydrogen-bond acceptors (Lipinski definition) is 10. The second kappa shape index (κ2) is 13.3. The fourth-order valence-electron chi connectivity index (χ4n) is 5.76. The van der Waals surface area contributed by atoms with Crippen LogP contribution in [0.3, 0.4) is 0 Å². The standard InChI is InChI=1S/C21H15N3S2.C20H13N3S2/c1-22-15-9-6-13(7-10-15)20-24-17-11-8-14(12-19(17)26-20)21-23-16-4-2-3-5-18(16)25-21;21-14-8-5-12(6-9-14)19-23-16-10-7-13(11-18(16)25-19)20-22-15-3-1-2-4-17(15)24-20/h2-12,22H,1H3;1-11H,21H2/i1-1;. The van der Waals surface area contributed by atoms with Crippen molar-refractivity contribution >= 4 is 97.6 Å². The molecule has 4 aromatic heterocycles. The maximum absolute atomic E-state index is 5.77. The van der Waals surface area contributed by atoms with Gasteiger partial charge in [0, 0.05) is 40.7 Å². The summed E-state index contributed by atoms with van der Waals surface area (Å²) in [6.07, 6.45) is 0. The van der Waals surface area contributed by atoms with Gasteiger partial charge in [0.15, 0.2) is 0 Å². The smallest absolute Gasteiger partial charge is 0.124 e. The molecule has 0 aliphatic heterocycles. The van der Waals surface area contributed by atoms with E-state index in [2.05, 4.69) is 102 Å². The van der Waals surface area contributed by atoms with Crippen LogP contribution in [0.25, 0.3) is 83.2 Å². The first kappa shape index (κ1) is 31.5. The Hall–Kier alpha value is -5.52. The van der Waals surface area contributed by atoms with Crippen LogP contribution < -0.4 is 11.1 Å². The van der Waals surface area contributed by atoms with Gasteiger partial charge in [-0.3, -0.25) is 0 Å². The number of rotatable bonds is 5. The van der Waals surface area contributed by atoms with Crippen molar-refractivity contribution in [3.8, 4) is 42.3 Å². The number of para-hydroxylation sites is 2. The largest absolute Gasteiger partial charge is 0.399 e. The Bertz CT molecular complexity index is 2750. The first-order chi connectivity index (χ1) is 25.1. The minimum absolute atomic E-state index is 0.767. The second-order valence-electron chi connectivity index (χ2n) is 11.8. The van der Waals surface area contributed by atoms with Gasteiger partial charge in [-0.1, -0.05) is 24.3 Å². The molecule has 4 heterocycles. The van der Waals surface area contributed by atoms with Gasteiger partial charge in [-0.2, -0.15) is 0 Å². The van der Waals surface area contributed by atoms with E-state index in [1.165, 1.54) is 18.8 Å². The summed E-state index contributed by atoms with van der Waals surface area (Å²) in [6, 6.07) is 45.5. The molecule has 0 aliphatic carbocycles. The Morgan fingerprint density at radius 3 is 1.24 bits per heavy atom. The van der Waals surface area contributed by atoms with E-state index in [1.807, 2.05) is 43.4 Å². The molecular formula is C41H28N6S4. The molecule has 10 aromatic rings. The van der Waals surface area contributed by atoms with Gasteiger partial charge in [0.2, 0.25) is 0 Å². The predicted octanol–water partition coefficient (Wildman–Crippen LogP) is 12.1. The molecule has 0 bridgehead atoms. The van der Waals surface area contributed by atoms with Crippen molar-refractivity contribution < 1.29 is 0 Å². The lowest BCUT2D eigenvalue weighted by molar-refractivity contribution is 1.45. The van der Waals surface area contributed by atoms with E-state index in [0.29, 0.717) is 0 Å². The van der Waals surface area contributed by atoms with E-state index in [4.69, 9.17) is 25.7 Å². The molecule has 0 fully saturated rings. The molecule has 6 aromatic carbocycles. The zero-order valence-electron chi connectivity index (χ0n) is 27.2. The van der Waals surface area contributed by atoms with Gasteiger partial charge in [0.05, 0.1) is 40.9 Å². The Balaban J connectivity index is 0.000000137. The van der Waals surface area contributed by atoms with Crippen molar-refractivity contribution in [2.45, 2.75) is 0 Å². The normalized spacial score (nSPS) is 11.3. The Labute approximate surface area is 309 Å². The molecular weight excluding hydrogens is 704 g/mol. The number of benzene rings is 6. The number of nitrogens with zero attached hydrogens (tertiary/aromatic N) is 4. The van der Waals surface area contributed by atoms with Crippen LogP contribution in [0.15, 0.2) is 133 Å². The third-order valence-electron chi connectivity index (χ3n) is 8.44. The molecule has 0 saturated carbocycles. The van der Waals surface area contributed by atoms with Gasteiger partial charge in [-0.25, -0.2) is 19.9 Å². The average molecular weight is 732 g/mol. The summed E-state index contributed by atoms with van der Waals surface area (Å²) in [5.41, 5.74) is 16.3. The van der Waals surface area contributed by atoms with Crippen LogP contribution in [0.5, 0.6) is 0 Å². The van der Waals surface area contributed by atoms with Crippen molar-refractivity contribution in [2.24, 2.45) is 0 Å².